The van der Waals surface area contributed by atoms with Crippen molar-refractivity contribution in [1.29, 1.82) is 0 Å². The molecule has 0 aromatic heterocycles. The highest BCUT2D eigenvalue weighted by atomic mass is 19.1. The monoisotopic (exact) mass is 272 g/mol. The standard InChI is InChI=1S/C17H21FN2/c1-13-6-3-4-9-16(13)17(19)10-11-20(2)15-8-5-7-14(18)12-15/h3-9,12,17H,10-11,19H2,1-2H3. The first-order chi connectivity index (χ1) is 9.58. The van der Waals surface area contributed by atoms with Gasteiger partial charge in [-0.1, -0.05) is 30.3 Å². The molecule has 106 valence electrons. The third-order valence-electron chi connectivity index (χ3n) is 3.61. The summed E-state index contributed by atoms with van der Waals surface area (Å²) in [5.41, 5.74) is 9.53. The quantitative estimate of drug-likeness (QED) is 0.900. The first kappa shape index (κ1) is 14.5. The summed E-state index contributed by atoms with van der Waals surface area (Å²) in [5.74, 6) is -0.211. The Hall–Kier alpha value is -1.87. The van der Waals surface area contributed by atoms with Crippen LogP contribution in [0.3, 0.4) is 0 Å². The van der Waals surface area contributed by atoms with E-state index in [9.17, 15) is 4.39 Å². The normalized spacial score (nSPS) is 12.2. The topological polar surface area (TPSA) is 29.3 Å². The van der Waals surface area contributed by atoms with Gasteiger partial charge in [0.25, 0.3) is 0 Å². The first-order valence-electron chi connectivity index (χ1n) is 6.86. The van der Waals surface area contributed by atoms with E-state index in [2.05, 4.69) is 19.1 Å². The fraction of sp³-hybridized carbons (Fsp3) is 0.294. The predicted molar refractivity (Wildman–Crippen MR) is 82.4 cm³/mol. The van der Waals surface area contributed by atoms with Gasteiger partial charge >= 0.3 is 0 Å². The van der Waals surface area contributed by atoms with Crippen LogP contribution in [0.25, 0.3) is 0 Å². The van der Waals surface area contributed by atoms with Gasteiger partial charge in [-0.05, 0) is 42.7 Å². The lowest BCUT2D eigenvalue weighted by Crippen LogP contribution is -2.23. The molecule has 0 saturated heterocycles. The summed E-state index contributed by atoms with van der Waals surface area (Å²) in [4.78, 5) is 2.03. The summed E-state index contributed by atoms with van der Waals surface area (Å²) in [6.45, 7) is 2.87. The second-order valence-corrected chi connectivity index (χ2v) is 5.15. The highest BCUT2D eigenvalue weighted by Gasteiger charge is 2.10. The molecule has 2 N–H and O–H groups in total. The number of halogens is 1. The van der Waals surface area contributed by atoms with E-state index in [0.717, 1.165) is 18.7 Å². The van der Waals surface area contributed by atoms with Crippen molar-refractivity contribution in [2.24, 2.45) is 5.73 Å². The summed E-state index contributed by atoms with van der Waals surface area (Å²) >= 11 is 0. The smallest absolute Gasteiger partial charge is 0.125 e. The average molecular weight is 272 g/mol. The zero-order chi connectivity index (χ0) is 14.5. The van der Waals surface area contributed by atoms with Gasteiger partial charge in [0, 0.05) is 25.3 Å². The van der Waals surface area contributed by atoms with E-state index in [1.54, 1.807) is 12.1 Å². The molecule has 3 heteroatoms. The van der Waals surface area contributed by atoms with Gasteiger partial charge in [-0.15, -0.1) is 0 Å². The number of nitrogens with two attached hydrogens (primary N) is 1. The molecule has 2 rings (SSSR count). The van der Waals surface area contributed by atoms with Crippen molar-refractivity contribution in [3.8, 4) is 0 Å². The van der Waals surface area contributed by atoms with E-state index in [0.29, 0.717) is 0 Å². The molecule has 0 amide bonds. The average Bonchev–Trinajstić information content (AvgIpc) is 2.45. The largest absolute Gasteiger partial charge is 0.374 e. The van der Waals surface area contributed by atoms with Crippen molar-refractivity contribution in [3.63, 3.8) is 0 Å². The molecule has 20 heavy (non-hydrogen) atoms. The van der Waals surface area contributed by atoms with E-state index < -0.39 is 0 Å². The van der Waals surface area contributed by atoms with Crippen molar-refractivity contribution in [2.75, 3.05) is 18.5 Å². The molecule has 2 aromatic rings. The molecule has 0 spiro atoms. The van der Waals surface area contributed by atoms with Gasteiger partial charge < -0.3 is 10.6 Å². The third-order valence-corrected chi connectivity index (χ3v) is 3.61. The van der Waals surface area contributed by atoms with Crippen molar-refractivity contribution < 1.29 is 4.39 Å². The second kappa shape index (κ2) is 6.53. The summed E-state index contributed by atoms with van der Waals surface area (Å²) < 4.78 is 13.2. The minimum Gasteiger partial charge on any atom is -0.374 e. The third kappa shape index (κ3) is 3.58. The van der Waals surface area contributed by atoms with E-state index in [4.69, 9.17) is 5.73 Å². The second-order valence-electron chi connectivity index (χ2n) is 5.15. The van der Waals surface area contributed by atoms with Crippen LogP contribution in [0.2, 0.25) is 0 Å². The van der Waals surface area contributed by atoms with Crippen LogP contribution < -0.4 is 10.6 Å². The zero-order valence-electron chi connectivity index (χ0n) is 12.0. The Balaban J connectivity index is 1.97. The lowest BCUT2D eigenvalue weighted by atomic mass is 9.99. The number of hydrogen-bond acceptors (Lipinski definition) is 2. The fourth-order valence-corrected chi connectivity index (χ4v) is 2.33. The molecule has 0 saturated carbocycles. The molecule has 0 aliphatic rings. The van der Waals surface area contributed by atoms with Crippen LogP contribution in [0.1, 0.15) is 23.6 Å². The van der Waals surface area contributed by atoms with Crippen molar-refractivity contribution in [1.82, 2.24) is 0 Å². The van der Waals surface area contributed by atoms with Gasteiger partial charge in [-0.2, -0.15) is 0 Å². The Bertz CT molecular complexity index is 568. The maximum atomic E-state index is 13.2. The van der Waals surface area contributed by atoms with Crippen LogP contribution in [0.5, 0.6) is 0 Å². The van der Waals surface area contributed by atoms with E-state index in [1.165, 1.54) is 17.2 Å². The maximum Gasteiger partial charge on any atom is 0.125 e. The molecule has 0 aliphatic heterocycles. The van der Waals surface area contributed by atoms with Crippen molar-refractivity contribution >= 4 is 5.69 Å². The van der Waals surface area contributed by atoms with Crippen molar-refractivity contribution in [3.05, 3.63) is 65.5 Å². The van der Waals surface area contributed by atoms with Gasteiger partial charge in [0.05, 0.1) is 0 Å². The summed E-state index contributed by atoms with van der Waals surface area (Å²) in [5, 5.41) is 0. The Morgan fingerprint density at radius 1 is 1.15 bits per heavy atom. The number of benzene rings is 2. The maximum absolute atomic E-state index is 13.2. The van der Waals surface area contributed by atoms with Gasteiger partial charge in [0.15, 0.2) is 0 Å². The molecule has 0 aliphatic carbocycles. The van der Waals surface area contributed by atoms with Crippen LogP contribution in [0.15, 0.2) is 48.5 Å². The zero-order valence-corrected chi connectivity index (χ0v) is 12.0. The number of rotatable bonds is 5. The Morgan fingerprint density at radius 2 is 1.90 bits per heavy atom. The van der Waals surface area contributed by atoms with Crippen LogP contribution in [-0.2, 0) is 0 Å². The Kier molecular flexibility index (Phi) is 4.74. The van der Waals surface area contributed by atoms with Crippen LogP contribution in [0.4, 0.5) is 10.1 Å². The van der Waals surface area contributed by atoms with Gasteiger partial charge in [-0.25, -0.2) is 4.39 Å². The van der Waals surface area contributed by atoms with Crippen LogP contribution in [0, 0.1) is 12.7 Å². The SMILES string of the molecule is Cc1ccccc1C(N)CCN(C)c1cccc(F)c1. The predicted octanol–water partition coefficient (Wildman–Crippen LogP) is 3.66. The molecule has 0 bridgehead atoms. The van der Waals surface area contributed by atoms with Gasteiger partial charge in [0.1, 0.15) is 5.82 Å². The Morgan fingerprint density at radius 3 is 2.60 bits per heavy atom. The van der Waals surface area contributed by atoms with E-state index >= 15 is 0 Å². The lowest BCUT2D eigenvalue weighted by Gasteiger charge is -2.22. The summed E-state index contributed by atoms with van der Waals surface area (Å²) in [6.07, 6.45) is 0.831. The van der Waals surface area contributed by atoms with Crippen LogP contribution in [-0.4, -0.2) is 13.6 Å². The molecule has 2 nitrogen and oxygen atoms in total. The fourth-order valence-electron chi connectivity index (χ4n) is 2.33. The van der Waals surface area contributed by atoms with E-state index in [1.807, 2.05) is 30.1 Å². The molecular weight excluding hydrogens is 251 g/mol. The van der Waals surface area contributed by atoms with Crippen LogP contribution >= 0.6 is 0 Å². The highest BCUT2D eigenvalue weighted by molar-refractivity contribution is 5.45. The summed E-state index contributed by atoms with van der Waals surface area (Å²) in [6, 6.07) is 14.8. The highest BCUT2D eigenvalue weighted by Crippen LogP contribution is 2.20. The molecular formula is C17H21FN2. The molecule has 0 heterocycles. The number of aryl methyl sites for hydroxylation is 1. The Labute approximate surface area is 120 Å². The summed E-state index contributed by atoms with van der Waals surface area (Å²) in [7, 11) is 1.96. The number of hydrogen-bond donors (Lipinski definition) is 1. The lowest BCUT2D eigenvalue weighted by molar-refractivity contribution is 0.622. The molecule has 0 fully saturated rings. The molecule has 0 radical (unpaired) electrons. The molecule has 1 unspecified atom stereocenters. The van der Waals surface area contributed by atoms with Crippen molar-refractivity contribution in [2.45, 2.75) is 19.4 Å². The number of nitrogens with zero attached hydrogens (tertiary/aromatic N) is 1. The van der Waals surface area contributed by atoms with E-state index in [-0.39, 0.29) is 11.9 Å². The van der Waals surface area contributed by atoms with Gasteiger partial charge in [0.2, 0.25) is 0 Å². The number of anilines is 1. The van der Waals surface area contributed by atoms with Gasteiger partial charge in [-0.3, -0.25) is 0 Å². The molecule has 2 aromatic carbocycles. The molecule has 1 atom stereocenters. The minimum atomic E-state index is -0.211. The minimum absolute atomic E-state index is 0.00668. The first-order valence-corrected chi connectivity index (χ1v) is 6.86.